The fourth-order valence-corrected chi connectivity index (χ4v) is 1.60. The number of hydrogen-bond acceptors (Lipinski definition) is 4. The highest BCUT2D eigenvalue weighted by atomic mass is 32.2. The smallest absolute Gasteiger partial charge is 0.371 e. The van der Waals surface area contributed by atoms with Crippen LogP contribution in [-0.4, -0.2) is 21.2 Å². The lowest BCUT2D eigenvalue weighted by Crippen LogP contribution is -2.24. The molecule has 1 aromatic rings. The van der Waals surface area contributed by atoms with E-state index in [-0.39, 0.29) is 18.0 Å². The maximum absolute atomic E-state index is 11.1. The van der Waals surface area contributed by atoms with Crippen molar-refractivity contribution in [3.63, 3.8) is 0 Å². The summed E-state index contributed by atoms with van der Waals surface area (Å²) in [5.41, 5.74) is 0.719. The second-order valence-electron chi connectivity index (χ2n) is 3.27. The molecule has 0 aromatic heterocycles. The minimum atomic E-state index is -3.75. The van der Waals surface area contributed by atoms with Gasteiger partial charge in [-0.3, -0.25) is 4.79 Å². The van der Waals surface area contributed by atoms with Crippen molar-refractivity contribution in [1.29, 1.82) is 0 Å². The van der Waals surface area contributed by atoms with E-state index in [4.69, 9.17) is 4.18 Å². The quantitative estimate of drug-likeness (QED) is 0.824. The van der Waals surface area contributed by atoms with E-state index in [0.717, 1.165) is 5.56 Å². The summed E-state index contributed by atoms with van der Waals surface area (Å²) in [6, 6.07) is 6.41. The Labute approximate surface area is 94.7 Å². The van der Waals surface area contributed by atoms with E-state index in [2.05, 4.69) is 0 Å². The van der Waals surface area contributed by atoms with Crippen LogP contribution in [0.25, 0.3) is 0 Å². The largest absolute Gasteiger partial charge is 0.382 e. The second kappa shape index (κ2) is 5.09. The monoisotopic (exact) mass is 243 g/mol. The maximum Gasteiger partial charge on any atom is 0.382 e. The van der Waals surface area contributed by atoms with Crippen LogP contribution in [0.4, 0.5) is 0 Å². The molecule has 0 fully saturated rings. The molecule has 6 heteroatoms. The predicted octanol–water partition coefficient (Wildman–Crippen LogP) is 0.661. The molecule has 0 radical (unpaired) electrons. The number of nitrogens with one attached hydrogen (secondary N) is 1. The zero-order valence-electron chi connectivity index (χ0n) is 9.06. The third kappa shape index (κ3) is 4.00. The molecule has 1 rings (SSSR count). The van der Waals surface area contributed by atoms with Crippen LogP contribution in [0.15, 0.2) is 24.3 Å². The highest BCUT2D eigenvalue weighted by molar-refractivity contribution is 7.85. The molecule has 88 valence electrons. The van der Waals surface area contributed by atoms with Gasteiger partial charge in [-0.15, -0.1) is 0 Å². The minimum absolute atomic E-state index is 0.00798. The lowest BCUT2D eigenvalue weighted by molar-refractivity contribution is -0.116. The summed E-state index contributed by atoms with van der Waals surface area (Å²) in [4.78, 5) is 10.9. The van der Waals surface area contributed by atoms with Crippen LogP contribution in [0.3, 0.4) is 0 Å². The number of hydrogen-bond donors (Lipinski definition) is 1. The molecule has 0 saturated carbocycles. The van der Waals surface area contributed by atoms with E-state index < -0.39 is 10.3 Å². The van der Waals surface area contributed by atoms with Gasteiger partial charge in [0.05, 0.1) is 0 Å². The number of Topliss-reactive ketones (excluding diaryl/α,β-unsaturated/α-hetero) is 1. The normalized spacial score (nSPS) is 11.1. The molecule has 0 heterocycles. The summed E-state index contributed by atoms with van der Waals surface area (Å²) in [7, 11) is -2.49. The van der Waals surface area contributed by atoms with Crippen molar-refractivity contribution in [2.24, 2.45) is 0 Å². The molecular formula is C10H13NO4S. The van der Waals surface area contributed by atoms with E-state index in [0.29, 0.717) is 0 Å². The Bertz CT molecular complexity index is 481. The summed E-state index contributed by atoms with van der Waals surface area (Å²) >= 11 is 0. The lowest BCUT2D eigenvalue weighted by Gasteiger charge is -2.06. The summed E-state index contributed by atoms with van der Waals surface area (Å²) in [6.07, 6.45) is 0.261. The Balaban J connectivity index is 2.87. The molecule has 0 atom stereocenters. The molecule has 0 saturated heterocycles. The average Bonchev–Trinajstić information content (AvgIpc) is 2.16. The van der Waals surface area contributed by atoms with Gasteiger partial charge in [0, 0.05) is 13.5 Å². The fourth-order valence-electron chi connectivity index (χ4n) is 1.16. The van der Waals surface area contributed by atoms with Crippen LogP contribution in [0, 0.1) is 0 Å². The molecule has 0 bridgehead atoms. The van der Waals surface area contributed by atoms with Gasteiger partial charge in [0.1, 0.15) is 11.5 Å². The third-order valence-electron chi connectivity index (χ3n) is 1.81. The fraction of sp³-hybridized carbons (Fsp3) is 0.300. The number of ketones is 1. The molecular weight excluding hydrogens is 230 g/mol. The first kappa shape index (κ1) is 12.7. The first-order chi connectivity index (χ1) is 7.43. The van der Waals surface area contributed by atoms with Crippen LogP contribution in [0.5, 0.6) is 5.75 Å². The molecule has 0 spiro atoms. The van der Waals surface area contributed by atoms with Crippen molar-refractivity contribution in [1.82, 2.24) is 4.72 Å². The lowest BCUT2D eigenvalue weighted by atomic mass is 10.1. The highest BCUT2D eigenvalue weighted by Gasteiger charge is 2.09. The van der Waals surface area contributed by atoms with Crippen LogP contribution in [-0.2, 0) is 21.5 Å². The summed E-state index contributed by atoms with van der Waals surface area (Å²) in [5.74, 6) is 0.196. The second-order valence-corrected chi connectivity index (χ2v) is 4.75. The Hall–Kier alpha value is -1.40. The number of carbonyl (C=O) groups excluding carboxylic acids is 1. The Kier molecular flexibility index (Phi) is 4.03. The molecule has 1 N–H and O–H groups in total. The van der Waals surface area contributed by atoms with E-state index in [1.54, 1.807) is 12.1 Å². The Morgan fingerprint density at radius 3 is 2.69 bits per heavy atom. The first-order valence-electron chi connectivity index (χ1n) is 4.64. The van der Waals surface area contributed by atoms with Crippen LogP contribution in [0.2, 0.25) is 0 Å². The van der Waals surface area contributed by atoms with Crippen molar-refractivity contribution >= 4 is 16.1 Å². The third-order valence-corrected chi connectivity index (χ3v) is 2.72. The van der Waals surface area contributed by atoms with E-state index in [1.807, 2.05) is 4.72 Å². The standard InChI is InChI=1S/C10H13NO4S/c1-8(12)6-9-4-3-5-10(7-9)15-16(13,14)11-2/h3-5,7,11H,6H2,1-2H3. The predicted molar refractivity (Wildman–Crippen MR) is 59.4 cm³/mol. The van der Waals surface area contributed by atoms with Gasteiger partial charge >= 0.3 is 10.3 Å². The molecule has 5 nitrogen and oxygen atoms in total. The van der Waals surface area contributed by atoms with Gasteiger partial charge in [-0.25, -0.2) is 0 Å². The van der Waals surface area contributed by atoms with Crippen molar-refractivity contribution in [3.8, 4) is 5.75 Å². The summed E-state index contributed by atoms with van der Waals surface area (Å²) in [6.45, 7) is 1.47. The van der Waals surface area contributed by atoms with Gasteiger partial charge in [-0.2, -0.15) is 13.1 Å². The average molecular weight is 243 g/mol. The highest BCUT2D eigenvalue weighted by Crippen LogP contribution is 2.15. The van der Waals surface area contributed by atoms with Gasteiger partial charge < -0.3 is 4.18 Å². The van der Waals surface area contributed by atoms with Gasteiger partial charge in [-0.1, -0.05) is 12.1 Å². The van der Waals surface area contributed by atoms with Crippen LogP contribution in [0.1, 0.15) is 12.5 Å². The summed E-state index contributed by atoms with van der Waals surface area (Å²) in [5, 5.41) is 0. The van der Waals surface area contributed by atoms with E-state index in [9.17, 15) is 13.2 Å². The molecule has 0 aliphatic heterocycles. The van der Waals surface area contributed by atoms with Crippen LogP contribution < -0.4 is 8.91 Å². The first-order valence-corrected chi connectivity index (χ1v) is 6.05. The van der Waals surface area contributed by atoms with Crippen molar-refractivity contribution in [3.05, 3.63) is 29.8 Å². The van der Waals surface area contributed by atoms with Gasteiger partial charge in [0.15, 0.2) is 0 Å². The van der Waals surface area contributed by atoms with E-state index >= 15 is 0 Å². The number of benzene rings is 1. The van der Waals surface area contributed by atoms with Crippen molar-refractivity contribution < 1.29 is 17.4 Å². The molecule has 16 heavy (non-hydrogen) atoms. The molecule has 0 aliphatic rings. The van der Waals surface area contributed by atoms with Crippen molar-refractivity contribution in [2.45, 2.75) is 13.3 Å². The van der Waals surface area contributed by atoms with Gasteiger partial charge in [0.2, 0.25) is 0 Å². The van der Waals surface area contributed by atoms with E-state index in [1.165, 1.54) is 26.1 Å². The van der Waals surface area contributed by atoms with Crippen LogP contribution >= 0.6 is 0 Å². The summed E-state index contributed by atoms with van der Waals surface area (Å²) < 4.78 is 29.0. The topological polar surface area (TPSA) is 72.5 Å². The van der Waals surface area contributed by atoms with Crippen molar-refractivity contribution in [2.75, 3.05) is 7.05 Å². The molecule has 0 amide bonds. The number of carbonyl (C=O) groups is 1. The maximum atomic E-state index is 11.1. The Morgan fingerprint density at radius 1 is 1.44 bits per heavy atom. The zero-order valence-corrected chi connectivity index (χ0v) is 9.87. The molecule has 0 aliphatic carbocycles. The number of rotatable bonds is 5. The SMILES string of the molecule is CNS(=O)(=O)Oc1cccc(CC(C)=O)c1. The molecule has 0 unspecified atom stereocenters. The van der Waals surface area contributed by atoms with Gasteiger partial charge in [-0.05, 0) is 24.6 Å². The van der Waals surface area contributed by atoms with Gasteiger partial charge in [0.25, 0.3) is 0 Å². The minimum Gasteiger partial charge on any atom is -0.371 e. The Morgan fingerprint density at radius 2 is 2.12 bits per heavy atom. The zero-order chi connectivity index (χ0) is 12.2. The molecule has 1 aromatic carbocycles.